The van der Waals surface area contributed by atoms with E-state index in [4.69, 9.17) is 9.72 Å². The largest absolute Gasteiger partial charge is 0.457 e. The second-order valence-electron chi connectivity index (χ2n) is 11.7. The summed E-state index contributed by atoms with van der Waals surface area (Å²) in [6.45, 7) is 9.04. The summed E-state index contributed by atoms with van der Waals surface area (Å²) < 4.78 is 8.49. The van der Waals surface area contributed by atoms with Gasteiger partial charge in [-0.1, -0.05) is 58.7 Å². The number of aliphatic hydroxyl groups excluding tert-OH is 1. The third kappa shape index (κ3) is 7.13. The number of imidazole rings is 1. The summed E-state index contributed by atoms with van der Waals surface area (Å²) in [5.41, 5.74) is 2.09. The standard InChI is InChI=1S/C31H43N3O3/c1-5-29-32-27-17-16-25(37-24-12-7-6-8-13-24)19-28(27)34(29)23(20-31(2,3)4)15-18-30(36)33-26-14-10-9-11-22(26)21-35/h6-8,12-13,16-17,19,22-23,26,35H,5,9-11,14-15,18,20-21H2,1-4H3,(H,33,36)/t22?,23-,26?/m0/s1. The highest BCUT2D eigenvalue weighted by atomic mass is 16.5. The van der Waals surface area contributed by atoms with Gasteiger partial charge in [0.15, 0.2) is 0 Å². The van der Waals surface area contributed by atoms with E-state index >= 15 is 0 Å². The van der Waals surface area contributed by atoms with Crippen LogP contribution in [0.2, 0.25) is 0 Å². The number of para-hydroxylation sites is 1. The fraction of sp³-hybridized carbons (Fsp3) is 0.548. The molecule has 1 heterocycles. The highest BCUT2D eigenvalue weighted by Crippen LogP contribution is 2.36. The van der Waals surface area contributed by atoms with Crippen molar-refractivity contribution in [2.24, 2.45) is 11.3 Å². The minimum absolute atomic E-state index is 0.0832. The Hall–Kier alpha value is -2.86. The van der Waals surface area contributed by atoms with Gasteiger partial charge in [-0.05, 0) is 55.4 Å². The minimum atomic E-state index is 0.0832. The topological polar surface area (TPSA) is 76.4 Å². The van der Waals surface area contributed by atoms with E-state index in [1.807, 2.05) is 42.5 Å². The number of aliphatic hydroxyl groups is 1. The Morgan fingerprint density at radius 3 is 2.59 bits per heavy atom. The molecule has 1 saturated carbocycles. The van der Waals surface area contributed by atoms with Crippen molar-refractivity contribution in [3.63, 3.8) is 0 Å². The van der Waals surface area contributed by atoms with E-state index in [9.17, 15) is 9.90 Å². The van der Waals surface area contributed by atoms with Crippen LogP contribution in [0.1, 0.15) is 84.5 Å². The first-order chi connectivity index (χ1) is 17.8. The van der Waals surface area contributed by atoms with Crippen LogP contribution in [0.15, 0.2) is 48.5 Å². The van der Waals surface area contributed by atoms with Crippen LogP contribution < -0.4 is 10.1 Å². The van der Waals surface area contributed by atoms with Gasteiger partial charge >= 0.3 is 0 Å². The number of benzene rings is 2. The van der Waals surface area contributed by atoms with Crippen LogP contribution in [0, 0.1) is 11.3 Å². The van der Waals surface area contributed by atoms with Crippen LogP contribution >= 0.6 is 0 Å². The molecule has 4 rings (SSSR count). The Morgan fingerprint density at radius 2 is 1.89 bits per heavy atom. The number of nitrogens with one attached hydrogen (secondary N) is 1. The Morgan fingerprint density at radius 1 is 1.14 bits per heavy atom. The molecule has 3 aromatic rings. The zero-order chi connectivity index (χ0) is 26.4. The van der Waals surface area contributed by atoms with Crippen molar-refractivity contribution >= 4 is 16.9 Å². The molecule has 6 heteroatoms. The van der Waals surface area contributed by atoms with Gasteiger partial charge in [0, 0.05) is 43.5 Å². The van der Waals surface area contributed by atoms with Crippen LogP contribution in [0.3, 0.4) is 0 Å². The number of aryl methyl sites for hydroxylation is 1. The van der Waals surface area contributed by atoms with Gasteiger partial charge < -0.3 is 19.7 Å². The second kappa shape index (κ2) is 12.1. The van der Waals surface area contributed by atoms with E-state index in [1.54, 1.807) is 0 Å². The molecule has 1 aliphatic carbocycles. The fourth-order valence-electron chi connectivity index (χ4n) is 5.69. The molecule has 0 saturated heterocycles. The van der Waals surface area contributed by atoms with Gasteiger partial charge in [0.05, 0.1) is 11.0 Å². The van der Waals surface area contributed by atoms with E-state index in [0.29, 0.717) is 6.42 Å². The average Bonchev–Trinajstić information content (AvgIpc) is 3.25. The van der Waals surface area contributed by atoms with Gasteiger partial charge in [0.2, 0.25) is 5.91 Å². The van der Waals surface area contributed by atoms with Crippen LogP contribution in [0.25, 0.3) is 11.0 Å². The second-order valence-corrected chi connectivity index (χ2v) is 11.7. The SMILES string of the molecule is CCc1nc2ccc(Oc3ccccc3)cc2n1[C@@H](CCC(=O)NC1CCCCC1CO)CC(C)(C)C. The number of aromatic nitrogens is 2. The predicted molar refractivity (Wildman–Crippen MR) is 149 cm³/mol. The lowest BCUT2D eigenvalue weighted by atomic mass is 9.84. The molecule has 3 atom stereocenters. The van der Waals surface area contributed by atoms with Crippen molar-refractivity contribution in [3.8, 4) is 11.5 Å². The first-order valence-corrected chi connectivity index (χ1v) is 13.9. The zero-order valence-electron chi connectivity index (χ0n) is 22.9. The van der Waals surface area contributed by atoms with E-state index < -0.39 is 0 Å². The van der Waals surface area contributed by atoms with Crippen molar-refractivity contribution in [2.45, 2.75) is 91.1 Å². The summed E-state index contributed by atoms with van der Waals surface area (Å²) >= 11 is 0. The number of amides is 1. The molecule has 1 fully saturated rings. The molecule has 2 unspecified atom stereocenters. The number of carbonyl (C=O) groups excluding carboxylic acids is 1. The van der Waals surface area contributed by atoms with Gasteiger partial charge in [0.1, 0.15) is 17.3 Å². The number of hydrogen-bond acceptors (Lipinski definition) is 4. The van der Waals surface area contributed by atoms with E-state index in [2.05, 4.69) is 43.6 Å². The Balaban J connectivity index is 1.58. The molecule has 0 spiro atoms. The smallest absolute Gasteiger partial charge is 0.220 e. The van der Waals surface area contributed by atoms with Crippen LogP contribution in [-0.4, -0.2) is 33.2 Å². The summed E-state index contributed by atoms with van der Waals surface area (Å²) in [6, 6.07) is 16.1. The number of ether oxygens (including phenoxy) is 1. The zero-order valence-corrected chi connectivity index (χ0v) is 22.9. The van der Waals surface area contributed by atoms with Gasteiger partial charge in [-0.3, -0.25) is 4.79 Å². The summed E-state index contributed by atoms with van der Waals surface area (Å²) in [7, 11) is 0. The van der Waals surface area contributed by atoms with E-state index in [1.165, 1.54) is 0 Å². The van der Waals surface area contributed by atoms with Crippen molar-refractivity contribution in [2.75, 3.05) is 6.61 Å². The van der Waals surface area contributed by atoms with Gasteiger partial charge in [0.25, 0.3) is 0 Å². The summed E-state index contributed by atoms with van der Waals surface area (Å²) in [5, 5.41) is 13.0. The molecule has 2 aromatic carbocycles. The molecule has 2 N–H and O–H groups in total. The lowest BCUT2D eigenvalue weighted by molar-refractivity contribution is -0.122. The normalized spacial score (nSPS) is 19.1. The monoisotopic (exact) mass is 505 g/mol. The first-order valence-electron chi connectivity index (χ1n) is 13.9. The van der Waals surface area contributed by atoms with E-state index in [-0.39, 0.29) is 35.9 Å². The quantitative estimate of drug-likeness (QED) is 0.317. The molecule has 37 heavy (non-hydrogen) atoms. The van der Waals surface area contributed by atoms with Crippen LogP contribution in [-0.2, 0) is 11.2 Å². The van der Waals surface area contributed by atoms with Gasteiger partial charge in [-0.25, -0.2) is 4.98 Å². The third-order valence-electron chi connectivity index (χ3n) is 7.44. The molecule has 200 valence electrons. The minimum Gasteiger partial charge on any atom is -0.457 e. The highest BCUT2D eigenvalue weighted by molar-refractivity contribution is 5.78. The Kier molecular flexibility index (Phi) is 8.91. The highest BCUT2D eigenvalue weighted by Gasteiger charge is 2.28. The molecule has 1 amide bonds. The van der Waals surface area contributed by atoms with Crippen molar-refractivity contribution in [3.05, 3.63) is 54.4 Å². The van der Waals surface area contributed by atoms with E-state index in [0.717, 1.165) is 73.3 Å². The third-order valence-corrected chi connectivity index (χ3v) is 7.44. The fourth-order valence-corrected chi connectivity index (χ4v) is 5.69. The Labute approximate surface area is 221 Å². The number of hydrogen-bond donors (Lipinski definition) is 2. The number of rotatable bonds is 10. The van der Waals surface area contributed by atoms with Crippen LogP contribution in [0.5, 0.6) is 11.5 Å². The molecule has 1 aromatic heterocycles. The van der Waals surface area contributed by atoms with Crippen molar-refractivity contribution in [1.82, 2.24) is 14.9 Å². The lowest BCUT2D eigenvalue weighted by Crippen LogP contribution is -2.43. The van der Waals surface area contributed by atoms with Crippen molar-refractivity contribution in [1.29, 1.82) is 0 Å². The maximum atomic E-state index is 13.1. The molecular formula is C31H43N3O3. The molecule has 6 nitrogen and oxygen atoms in total. The van der Waals surface area contributed by atoms with Crippen LogP contribution in [0.4, 0.5) is 0 Å². The molecule has 1 aliphatic rings. The number of fused-ring (bicyclic) bond motifs is 1. The Bertz CT molecular complexity index is 1170. The molecule has 0 bridgehead atoms. The molecule has 0 radical (unpaired) electrons. The summed E-state index contributed by atoms with van der Waals surface area (Å²) in [6.07, 6.45) is 7.14. The molecular weight excluding hydrogens is 462 g/mol. The summed E-state index contributed by atoms with van der Waals surface area (Å²) in [4.78, 5) is 18.0. The van der Waals surface area contributed by atoms with Gasteiger partial charge in [-0.2, -0.15) is 0 Å². The van der Waals surface area contributed by atoms with Gasteiger partial charge in [-0.15, -0.1) is 0 Å². The summed E-state index contributed by atoms with van der Waals surface area (Å²) in [5.74, 6) is 2.88. The number of carbonyl (C=O) groups is 1. The first kappa shape index (κ1) is 27.2. The number of nitrogens with zero attached hydrogens (tertiary/aromatic N) is 2. The average molecular weight is 506 g/mol. The van der Waals surface area contributed by atoms with Crippen molar-refractivity contribution < 1.29 is 14.6 Å². The maximum absolute atomic E-state index is 13.1. The lowest BCUT2D eigenvalue weighted by Gasteiger charge is -2.32. The predicted octanol–water partition coefficient (Wildman–Crippen LogP) is 6.82. The maximum Gasteiger partial charge on any atom is 0.220 e. The molecule has 0 aliphatic heterocycles.